The summed E-state index contributed by atoms with van der Waals surface area (Å²) in [5.74, 6) is 0.924. The van der Waals surface area contributed by atoms with Gasteiger partial charge in [-0.2, -0.15) is 5.10 Å². The van der Waals surface area contributed by atoms with Crippen LogP contribution in [-0.2, 0) is 6.42 Å². The molecular formula is C12H17N3. The lowest BCUT2D eigenvalue weighted by atomic mass is 9.92. The number of rotatable bonds is 1. The van der Waals surface area contributed by atoms with Crippen molar-refractivity contribution in [2.75, 3.05) is 0 Å². The van der Waals surface area contributed by atoms with E-state index in [0.717, 1.165) is 17.9 Å². The molecule has 2 heterocycles. The molecule has 0 amide bonds. The van der Waals surface area contributed by atoms with Gasteiger partial charge in [0.25, 0.3) is 0 Å². The molecule has 0 N–H and O–H groups in total. The molecule has 0 saturated carbocycles. The Morgan fingerprint density at radius 2 is 2.00 bits per heavy atom. The lowest BCUT2D eigenvalue weighted by molar-refractivity contribution is 0.401. The predicted octanol–water partition coefficient (Wildman–Crippen LogP) is 2.63. The molecule has 0 radical (unpaired) electrons. The number of pyridine rings is 1. The maximum Gasteiger partial charge on any atom is 0.155 e. The zero-order chi connectivity index (χ0) is 11.1. The van der Waals surface area contributed by atoms with Crippen LogP contribution in [0.5, 0.6) is 0 Å². The first-order chi connectivity index (χ1) is 6.94. The molecule has 0 fully saturated rings. The predicted molar refractivity (Wildman–Crippen MR) is 60.9 cm³/mol. The minimum Gasteiger partial charge on any atom is -0.221 e. The molecule has 2 rings (SSSR count). The van der Waals surface area contributed by atoms with Gasteiger partial charge >= 0.3 is 0 Å². The van der Waals surface area contributed by atoms with Crippen LogP contribution in [0.1, 0.15) is 32.2 Å². The van der Waals surface area contributed by atoms with Gasteiger partial charge < -0.3 is 0 Å². The third kappa shape index (κ3) is 2.35. The monoisotopic (exact) mass is 203 g/mol. The highest BCUT2D eigenvalue weighted by Crippen LogP contribution is 2.18. The molecule has 0 aliphatic rings. The molecule has 3 heteroatoms. The summed E-state index contributed by atoms with van der Waals surface area (Å²) in [7, 11) is 0. The second kappa shape index (κ2) is 3.33. The summed E-state index contributed by atoms with van der Waals surface area (Å²) in [6.07, 6.45) is 2.92. The van der Waals surface area contributed by atoms with Gasteiger partial charge in [-0.3, -0.25) is 0 Å². The van der Waals surface area contributed by atoms with E-state index in [0.29, 0.717) is 0 Å². The molecule has 15 heavy (non-hydrogen) atoms. The summed E-state index contributed by atoms with van der Waals surface area (Å²) in [4.78, 5) is 4.49. The van der Waals surface area contributed by atoms with Crippen molar-refractivity contribution in [2.45, 2.75) is 34.1 Å². The minimum atomic E-state index is 0.236. The quantitative estimate of drug-likeness (QED) is 0.713. The molecule has 0 aliphatic carbocycles. The molecule has 0 aromatic carbocycles. The topological polar surface area (TPSA) is 30.2 Å². The zero-order valence-electron chi connectivity index (χ0n) is 9.78. The Labute approximate surface area is 90.1 Å². The standard InChI is InChI=1S/C12H17N3/c1-9-5-6-11-13-10(7-12(2,3)4)14-15(11)8-9/h5-6,8H,7H2,1-4H3. The average Bonchev–Trinajstić information content (AvgIpc) is 2.42. The molecule has 0 saturated heterocycles. The number of hydrogen-bond donors (Lipinski definition) is 0. The highest BCUT2D eigenvalue weighted by Gasteiger charge is 2.14. The van der Waals surface area contributed by atoms with Crippen LogP contribution in [0.4, 0.5) is 0 Å². The second-order valence-electron chi connectivity index (χ2n) is 5.27. The second-order valence-corrected chi connectivity index (χ2v) is 5.27. The van der Waals surface area contributed by atoms with Crippen molar-refractivity contribution in [2.24, 2.45) is 5.41 Å². The summed E-state index contributed by atoms with van der Waals surface area (Å²) in [5, 5.41) is 4.46. The van der Waals surface area contributed by atoms with Crippen LogP contribution in [0.3, 0.4) is 0 Å². The third-order valence-electron chi connectivity index (χ3n) is 2.21. The summed E-state index contributed by atoms with van der Waals surface area (Å²) >= 11 is 0. The Morgan fingerprint density at radius 1 is 1.27 bits per heavy atom. The Kier molecular flexibility index (Phi) is 2.25. The van der Waals surface area contributed by atoms with Crippen LogP contribution in [0.15, 0.2) is 18.3 Å². The van der Waals surface area contributed by atoms with Gasteiger partial charge in [-0.15, -0.1) is 0 Å². The Balaban J connectivity index is 2.39. The normalized spacial score (nSPS) is 12.3. The van der Waals surface area contributed by atoms with E-state index in [-0.39, 0.29) is 5.41 Å². The SMILES string of the molecule is Cc1ccc2nc(CC(C)(C)C)nn2c1. The van der Waals surface area contributed by atoms with Gasteiger partial charge in [0.15, 0.2) is 11.5 Å². The average molecular weight is 203 g/mol. The number of aryl methyl sites for hydroxylation is 1. The molecule has 0 unspecified atom stereocenters. The molecule has 80 valence electrons. The summed E-state index contributed by atoms with van der Waals surface area (Å²) in [5.41, 5.74) is 2.37. The number of fused-ring (bicyclic) bond motifs is 1. The van der Waals surface area contributed by atoms with E-state index in [2.05, 4.69) is 43.8 Å². The highest BCUT2D eigenvalue weighted by molar-refractivity contribution is 5.38. The van der Waals surface area contributed by atoms with Gasteiger partial charge in [0.2, 0.25) is 0 Å². The van der Waals surface area contributed by atoms with Crippen LogP contribution < -0.4 is 0 Å². The third-order valence-corrected chi connectivity index (χ3v) is 2.21. The van der Waals surface area contributed by atoms with Crippen molar-refractivity contribution in [1.29, 1.82) is 0 Å². The van der Waals surface area contributed by atoms with Crippen LogP contribution in [0, 0.1) is 12.3 Å². The van der Waals surface area contributed by atoms with Crippen LogP contribution in [0.25, 0.3) is 5.65 Å². The molecule has 0 aliphatic heterocycles. The Morgan fingerprint density at radius 3 is 2.67 bits per heavy atom. The van der Waals surface area contributed by atoms with Crippen molar-refractivity contribution in [3.8, 4) is 0 Å². The fraction of sp³-hybridized carbons (Fsp3) is 0.500. The van der Waals surface area contributed by atoms with E-state index >= 15 is 0 Å². The minimum absolute atomic E-state index is 0.236. The smallest absolute Gasteiger partial charge is 0.155 e. The van der Waals surface area contributed by atoms with Crippen molar-refractivity contribution < 1.29 is 0 Å². The lowest BCUT2D eigenvalue weighted by Crippen LogP contribution is -2.10. The highest BCUT2D eigenvalue weighted by atomic mass is 15.3. The first kappa shape index (κ1) is 10.1. The van der Waals surface area contributed by atoms with E-state index in [1.807, 2.05) is 16.8 Å². The van der Waals surface area contributed by atoms with Gasteiger partial charge in [-0.1, -0.05) is 26.8 Å². The molecule has 3 nitrogen and oxygen atoms in total. The van der Waals surface area contributed by atoms with Gasteiger partial charge in [-0.25, -0.2) is 9.50 Å². The maximum absolute atomic E-state index is 4.49. The van der Waals surface area contributed by atoms with Crippen LogP contribution in [0.2, 0.25) is 0 Å². The number of aromatic nitrogens is 3. The number of nitrogens with zero attached hydrogens (tertiary/aromatic N) is 3. The Bertz CT molecular complexity index is 477. The lowest BCUT2D eigenvalue weighted by Gasteiger charge is -2.14. The van der Waals surface area contributed by atoms with Crippen molar-refractivity contribution in [3.05, 3.63) is 29.7 Å². The van der Waals surface area contributed by atoms with E-state index in [4.69, 9.17) is 0 Å². The van der Waals surface area contributed by atoms with Crippen molar-refractivity contribution in [3.63, 3.8) is 0 Å². The van der Waals surface area contributed by atoms with Gasteiger partial charge in [0.1, 0.15) is 0 Å². The van der Waals surface area contributed by atoms with Crippen molar-refractivity contribution >= 4 is 5.65 Å². The van der Waals surface area contributed by atoms with E-state index in [1.165, 1.54) is 5.56 Å². The van der Waals surface area contributed by atoms with Gasteiger partial charge in [0, 0.05) is 12.6 Å². The molecule has 2 aromatic heterocycles. The van der Waals surface area contributed by atoms with E-state index in [9.17, 15) is 0 Å². The number of hydrogen-bond acceptors (Lipinski definition) is 2. The van der Waals surface area contributed by atoms with Crippen LogP contribution >= 0.6 is 0 Å². The molecule has 0 spiro atoms. The molecule has 0 atom stereocenters. The van der Waals surface area contributed by atoms with Crippen LogP contribution in [-0.4, -0.2) is 14.6 Å². The molecule has 2 aromatic rings. The van der Waals surface area contributed by atoms with Gasteiger partial charge in [-0.05, 0) is 24.0 Å². The maximum atomic E-state index is 4.49. The van der Waals surface area contributed by atoms with E-state index < -0.39 is 0 Å². The summed E-state index contributed by atoms with van der Waals surface area (Å²) < 4.78 is 1.86. The first-order valence-electron chi connectivity index (χ1n) is 5.26. The molecular weight excluding hydrogens is 186 g/mol. The summed E-state index contributed by atoms with van der Waals surface area (Å²) in [6.45, 7) is 8.66. The summed E-state index contributed by atoms with van der Waals surface area (Å²) in [6, 6.07) is 4.07. The largest absolute Gasteiger partial charge is 0.221 e. The Hall–Kier alpha value is -1.38. The van der Waals surface area contributed by atoms with Gasteiger partial charge in [0.05, 0.1) is 0 Å². The zero-order valence-corrected chi connectivity index (χ0v) is 9.78. The fourth-order valence-corrected chi connectivity index (χ4v) is 1.58. The van der Waals surface area contributed by atoms with Crippen molar-refractivity contribution in [1.82, 2.24) is 14.6 Å². The van der Waals surface area contributed by atoms with E-state index in [1.54, 1.807) is 0 Å². The first-order valence-corrected chi connectivity index (χ1v) is 5.26. The molecule has 0 bridgehead atoms. The fourth-order valence-electron chi connectivity index (χ4n) is 1.58.